The highest BCUT2D eigenvalue weighted by Gasteiger charge is 2.20. The van der Waals surface area contributed by atoms with Crippen molar-refractivity contribution >= 4 is 5.52 Å². The van der Waals surface area contributed by atoms with Crippen LogP contribution in [0.25, 0.3) is 16.6 Å². The number of fused-ring (bicyclic) bond motifs is 1. The van der Waals surface area contributed by atoms with E-state index in [2.05, 4.69) is 82.9 Å². The number of aryl methyl sites for hydroxylation is 1. The van der Waals surface area contributed by atoms with Crippen LogP contribution in [0, 0.1) is 6.92 Å². The van der Waals surface area contributed by atoms with Crippen LogP contribution in [-0.4, -0.2) is 47.4 Å². The van der Waals surface area contributed by atoms with Crippen LogP contribution in [0.5, 0.6) is 0 Å². The third-order valence-electron chi connectivity index (χ3n) is 5.23. The molecule has 1 fully saturated rings. The fourth-order valence-electron chi connectivity index (χ4n) is 3.81. The summed E-state index contributed by atoms with van der Waals surface area (Å²) in [6.07, 6.45) is 2.21. The molecule has 3 heterocycles. The number of likely N-dealkylation sites (N-methyl/N-ethyl adjacent to an activating group) is 1. The number of nitrogens with zero attached hydrogens (tertiary/aromatic N) is 3. The fourth-order valence-corrected chi connectivity index (χ4v) is 3.81. The summed E-state index contributed by atoms with van der Waals surface area (Å²) >= 11 is 0. The predicted octanol–water partition coefficient (Wildman–Crippen LogP) is 3.66. The number of benzene rings is 1. The second-order valence-electron chi connectivity index (χ2n) is 6.85. The number of hydrogen-bond acceptors (Lipinski definition) is 2. The molecule has 1 aliphatic rings. The molecule has 1 saturated heterocycles. The monoisotopic (exact) mass is 319 g/mol. The zero-order valence-electron chi connectivity index (χ0n) is 14.6. The summed E-state index contributed by atoms with van der Waals surface area (Å²) in [5.74, 6) is 0. The van der Waals surface area contributed by atoms with Gasteiger partial charge in [0.25, 0.3) is 0 Å². The van der Waals surface area contributed by atoms with Gasteiger partial charge in [-0.25, -0.2) is 0 Å². The van der Waals surface area contributed by atoms with Crippen molar-refractivity contribution in [2.24, 2.45) is 0 Å². The van der Waals surface area contributed by atoms with Gasteiger partial charge in [-0.05, 0) is 37.2 Å². The lowest BCUT2D eigenvalue weighted by atomic mass is 10.0. The Morgan fingerprint density at radius 3 is 2.33 bits per heavy atom. The highest BCUT2D eigenvalue weighted by Crippen LogP contribution is 2.33. The molecule has 4 rings (SSSR count). The number of rotatable bonds is 3. The molecule has 1 aliphatic heterocycles. The van der Waals surface area contributed by atoms with Gasteiger partial charge in [0.05, 0.1) is 0 Å². The van der Waals surface area contributed by atoms with Crippen molar-refractivity contribution in [2.75, 3.05) is 33.2 Å². The Hall–Kier alpha value is -2.10. The van der Waals surface area contributed by atoms with Gasteiger partial charge < -0.3 is 9.30 Å². The molecule has 3 nitrogen and oxygen atoms in total. The van der Waals surface area contributed by atoms with Crippen molar-refractivity contribution in [3.8, 4) is 11.1 Å². The second kappa shape index (κ2) is 6.42. The molecular formula is C21H25N3. The summed E-state index contributed by atoms with van der Waals surface area (Å²) in [7, 11) is 2.21. The quantitative estimate of drug-likeness (QED) is 0.729. The van der Waals surface area contributed by atoms with Crippen LogP contribution < -0.4 is 0 Å². The van der Waals surface area contributed by atoms with Crippen molar-refractivity contribution < 1.29 is 0 Å². The van der Waals surface area contributed by atoms with E-state index in [1.807, 2.05) is 0 Å². The number of pyridine rings is 1. The van der Waals surface area contributed by atoms with Crippen molar-refractivity contribution in [2.45, 2.75) is 13.5 Å². The molecule has 0 unspecified atom stereocenters. The molecule has 0 atom stereocenters. The Morgan fingerprint density at radius 1 is 0.875 bits per heavy atom. The first-order chi connectivity index (χ1) is 11.7. The van der Waals surface area contributed by atoms with Gasteiger partial charge >= 0.3 is 0 Å². The van der Waals surface area contributed by atoms with Crippen LogP contribution >= 0.6 is 0 Å². The average molecular weight is 319 g/mol. The summed E-state index contributed by atoms with van der Waals surface area (Å²) in [6.45, 7) is 7.86. The molecule has 0 N–H and O–H groups in total. The van der Waals surface area contributed by atoms with E-state index in [1.54, 1.807) is 0 Å². The van der Waals surface area contributed by atoms with E-state index in [-0.39, 0.29) is 0 Å². The number of aromatic nitrogens is 1. The highest BCUT2D eigenvalue weighted by atomic mass is 15.2. The summed E-state index contributed by atoms with van der Waals surface area (Å²) in [5.41, 5.74) is 6.84. The van der Waals surface area contributed by atoms with E-state index in [0.29, 0.717) is 0 Å². The molecule has 0 saturated carbocycles. The van der Waals surface area contributed by atoms with Gasteiger partial charge in [-0.15, -0.1) is 0 Å². The van der Waals surface area contributed by atoms with Crippen molar-refractivity contribution in [3.05, 3.63) is 66.0 Å². The SMILES string of the molecule is Cc1c(-c2ccccc2)c(CN2CCN(C)CC2)n2ccccc12. The molecular weight excluding hydrogens is 294 g/mol. The molecule has 3 aromatic rings. The first kappa shape index (κ1) is 15.4. The first-order valence-corrected chi connectivity index (χ1v) is 8.79. The van der Waals surface area contributed by atoms with E-state index < -0.39 is 0 Å². The lowest BCUT2D eigenvalue weighted by Crippen LogP contribution is -2.44. The van der Waals surface area contributed by atoms with Crippen molar-refractivity contribution in [3.63, 3.8) is 0 Å². The lowest BCUT2D eigenvalue weighted by molar-refractivity contribution is 0.147. The van der Waals surface area contributed by atoms with Crippen LogP contribution in [-0.2, 0) is 6.54 Å². The van der Waals surface area contributed by atoms with Gasteiger partial charge in [0.2, 0.25) is 0 Å². The van der Waals surface area contributed by atoms with Gasteiger partial charge in [-0.1, -0.05) is 36.4 Å². The summed E-state index contributed by atoms with van der Waals surface area (Å²) < 4.78 is 2.38. The Balaban J connectivity index is 1.80. The Morgan fingerprint density at radius 2 is 1.58 bits per heavy atom. The standard InChI is InChI=1S/C21H25N3/c1-17-19-10-6-7-11-24(19)20(16-23-14-12-22(2)13-15-23)21(17)18-8-4-3-5-9-18/h3-11H,12-16H2,1-2H3. The van der Waals surface area contributed by atoms with Crippen LogP contribution in [0.3, 0.4) is 0 Å². The number of hydrogen-bond donors (Lipinski definition) is 0. The van der Waals surface area contributed by atoms with Crippen molar-refractivity contribution in [1.82, 2.24) is 14.2 Å². The van der Waals surface area contributed by atoms with Gasteiger partial charge in [0.1, 0.15) is 0 Å². The minimum atomic E-state index is 1.01. The lowest BCUT2D eigenvalue weighted by Gasteiger charge is -2.32. The Kier molecular flexibility index (Phi) is 4.13. The number of piperazine rings is 1. The normalized spacial score (nSPS) is 16.8. The third-order valence-corrected chi connectivity index (χ3v) is 5.23. The van der Waals surface area contributed by atoms with E-state index >= 15 is 0 Å². The maximum atomic E-state index is 2.58. The van der Waals surface area contributed by atoms with Crippen LogP contribution in [0.1, 0.15) is 11.3 Å². The smallest absolute Gasteiger partial charge is 0.0489 e. The van der Waals surface area contributed by atoms with Crippen LogP contribution in [0.15, 0.2) is 54.7 Å². The predicted molar refractivity (Wildman–Crippen MR) is 100 cm³/mol. The molecule has 124 valence electrons. The summed E-state index contributed by atoms with van der Waals surface area (Å²) in [6, 6.07) is 17.3. The fraction of sp³-hybridized carbons (Fsp3) is 0.333. The second-order valence-corrected chi connectivity index (χ2v) is 6.85. The Labute approximate surface area is 144 Å². The molecule has 3 heteroatoms. The van der Waals surface area contributed by atoms with Crippen LogP contribution in [0.4, 0.5) is 0 Å². The van der Waals surface area contributed by atoms with Gasteiger partial charge in [-0.2, -0.15) is 0 Å². The first-order valence-electron chi connectivity index (χ1n) is 8.79. The summed E-state index contributed by atoms with van der Waals surface area (Å²) in [5, 5.41) is 0. The average Bonchev–Trinajstić information content (AvgIpc) is 2.90. The minimum Gasteiger partial charge on any atom is -0.319 e. The molecule has 0 spiro atoms. The van der Waals surface area contributed by atoms with Crippen molar-refractivity contribution in [1.29, 1.82) is 0 Å². The van der Waals surface area contributed by atoms with Gasteiger partial charge in [-0.3, -0.25) is 4.90 Å². The maximum absolute atomic E-state index is 2.58. The van der Waals surface area contributed by atoms with Gasteiger partial charge in [0, 0.05) is 55.7 Å². The molecule has 1 aromatic carbocycles. The van der Waals surface area contributed by atoms with E-state index in [9.17, 15) is 0 Å². The molecule has 2 aromatic heterocycles. The minimum absolute atomic E-state index is 1.01. The molecule has 24 heavy (non-hydrogen) atoms. The molecule has 0 aliphatic carbocycles. The third kappa shape index (κ3) is 2.74. The molecule has 0 amide bonds. The molecule has 0 bridgehead atoms. The maximum Gasteiger partial charge on any atom is 0.0489 e. The van der Waals surface area contributed by atoms with E-state index in [1.165, 1.54) is 27.9 Å². The largest absolute Gasteiger partial charge is 0.319 e. The summed E-state index contributed by atoms with van der Waals surface area (Å²) in [4.78, 5) is 5.00. The van der Waals surface area contributed by atoms with Crippen LogP contribution in [0.2, 0.25) is 0 Å². The van der Waals surface area contributed by atoms with E-state index in [0.717, 1.165) is 32.7 Å². The topological polar surface area (TPSA) is 10.9 Å². The molecule has 0 radical (unpaired) electrons. The zero-order valence-corrected chi connectivity index (χ0v) is 14.6. The highest BCUT2D eigenvalue weighted by molar-refractivity contribution is 5.79. The van der Waals surface area contributed by atoms with Gasteiger partial charge in [0.15, 0.2) is 0 Å². The zero-order chi connectivity index (χ0) is 16.5. The Bertz CT molecular complexity index is 827. The van der Waals surface area contributed by atoms with E-state index in [4.69, 9.17) is 0 Å².